The lowest BCUT2D eigenvalue weighted by Crippen LogP contribution is -2.09. The molecule has 0 N–H and O–H groups in total. The summed E-state index contributed by atoms with van der Waals surface area (Å²) in [6.45, 7) is 3.02. The quantitative estimate of drug-likeness (QED) is 0.778. The maximum Gasteiger partial charge on any atom is 0.150 e. The Balaban J connectivity index is 2.03. The second-order valence-electron chi connectivity index (χ2n) is 4.50. The van der Waals surface area contributed by atoms with Crippen LogP contribution in [0.2, 0.25) is 0 Å². The number of hydrogen-bond donors (Lipinski definition) is 0. The number of thioether (sulfide) groups is 1. The minimum Gasteiger partial charge on any atom is -0.249 e. The van der Waals surface area contributed by atoms with Crippen LogP contribution in [0.3, 0.4) is 0 Å². The fourth-order valence-corrected chi connectivity index (χ4v) is 2.40. The first-order valence-corrected chi connectivity index (χ1v) is 8.18. The molecule has 0 fully saturated rings. The lowest BCUT2D eigenvalue weighted by Gasteiger charge is -2.05. The van der Waals surface area contributed by atoms with Crippen molar-refractivity contribution in [3.05, 3.63) is 47.5 Å². The van der Waals surface area contributed by atoms with E-state index in [4.69, 9.17) is 0 Å². The molecule has 1 aromatic carbocycles. The Bertz CT molecular complexity index is 493. The number of hydrogen-bond acceptors (Lipinski definition) is 3. The molecule has 0 atom stereocenters. The highest BCUT2D eigenvalue weighted by Crippen LogP contribution is 2.07. The summed E-state index contributed by atoms with van der Waals surface area (Å²) in [6.07, 6.45) is 5.05. The normalized spacial score (nSPS) is 10.8. The maximum absolute atomic E-state index is 4.62. The summed E-state index contributed by atoms with van der Waals surface area (Å²) in [6, 6.07) is 10.6. The van der Waals surface area contributed by atoms with Crippen molar-refractivity contribution in [2.75, 3.05) is 12.0 Å². The molecule has 102 valence electrons. The van der Waals surface area contributed by atoms with Gasteiger partial charge in [-0.05, 0) is 18.2 Å². The van der Waals surface area contributed by atoms with Gasteiger partial charge in [-0.3, -0.25) is 0 Å². The van der Waals surface area contributed by atoms with E-state index in [1.54, 1.807) is 0 Å². The molecule has 2 rings (SSSR count). The molecule has 0 amide bonds. The zero-order valence-corrected chi connectivity index (χ0v) is 12.5. The summed E-state index contributed by atoms with van der Waals surface area (Å²) in [7, 11) is 0. The Morgan fingerprint density at radius 1 is 1.16 bits per heavy atom. The van der Waals surface area contributed by atoms with Crippen molar-refractivity contribution < 1.29 is 0 Å². The van der Waals surface area contributed by atoms with Gasteiger partial charge in [-0.15, -0.1) is 0 Å². The largest absolute Gasteiger partial charge is 0.249 e. The van der Waals surface area contributed by atoms with Crippen LogP contribution in [-0.2, 0) is 25.8 Å². The predicted molar refractivity (Wildman–Crippen MR) is 81.6 cm³/mol. The third kappa shape index (κ3) is 4.10. The van der Waals surface area contributed by atoms with Crippen molar-refractivity contribution in [1.29, 1.82) is 0 Å². The number of aromatic nitrogens is 3. The monoisotopic (exact) mass is 275 g/mol. The molecular weight excluding hydrogens is 254 g/mol. The summed E-state index contributed by atoms with van der Waals surface area (Å²) >= 11 is 1.86. The van der Waals surface area contributed by atoms with E-state index in [2.05, 4.69) is 58.3 Å². The Morgan fingerprint density at radius 2 is 1.95 bits per heavy atom. The standard InChI is InChI=1S/C15H21N3S/c1-3-14-16-15(10-12-19-2)18(17-14)11-9-13-7-5-4-6-8-13/h4-8H,3,9-12H2,1-2H3. The highest BCUT2D eigenvalue weighted by Gasteiger charge is 2.08. The van der Waals surface area contributed by atoms with E-state index in [1.165, 1.54) is 5.56 Å². The third-order valence-corrected chi connectivity index (χ3v) is 3.71. The number of benzene rings is 1. The number of nitrogens with zero attached hydrogens (tertiary/aromatic N) is 3. The first kappa shape index (κ1) is 14.1. The lowest BCUT2D eigenvalue weighted by molar-refractivity contribution is 0.579. The van der Waals surface area contributed by atoms with Crippen LogP contribution in [-0.4, -0.2) is 26.8 Å². The zero-order valence-electron chi connectivity index (χ0n) is 11.7. The molecule has 1 heterocycles. The topological polar surface area (TPSA) is 30.7 Å². The molecule has 0 radical (unpaired) electrons. The highest BCUT2D eigenvalue weighted by atomic mass is 32.2. The smallest absolute Gasteiger partial charge is 0.150 e. The van der Waals surface area contributed by atoms with Gasteiger partial charge in [-0.1, -0.05) is 37.3 Å². The van der Waals surface area contributed by atoms with Gasteiger partial charge in [0.05, 0.1) is 0 Å². The second kappa shape index (κ2) is 7.34. The van der Waals surface area contributed by atoms with Gasteiger partial charge >= 0.3 is 0 Å². The average molecular weight is 275 g/mol. The van der Waals surface area contributed by atoms with Crippen LogP contribution in [0.15, 0.2) is 30.3 Å². The van der Waals surface area contributed by atoms with Gasteiger partial charge in [-0.25, -0.2) is 9.67 Å². The molecule has 0 aliphatic heterocycles. The molecule has 0 spiro atoms. The minimum atomic E-state index is 0.907. The van der Waals surface area contributed by atoms with E-state index >= 15 is 0 Å². The molecule has 0 saturated carbocycles. The van der Waals surface area contributed by atoms with Gasteiger partial charge in [0, 0.05) is 25.1 Å². The van der Waals surface area contributed by atoms with E-state index in [9.17, 15) is 0 Å². The van der Waals surface area contributed by atoms with Crippen LogP contribution in [0, 0.1) is 0 Å². The van der Waals surface area contributed by atoms with Crippen molar-refractivity contribution in [3.63, 3.8) is 0 Å². The third-order valence-electron chi connectivity index (χ3n) is 3.09. The molecule has 2 aromatic rings. The van der Waals surface area contributed by atoms with Gasteiger partial charge in [0.25, 0.3) is 0 Å². The first-order valence-electron chi connectivity index (χ1n) is 6.79. The molecular formula is C15H21N3S. The van der Waals surface area contributed by atoms with Crippen LogP contribution in [0.4, 0.5) is 0 Å². The number of rotatable bonds is 7. The Hall–Kier alpha value is -1.29. The lowest BCUT2D eigenvalue weighted by atomic mass is 10.1. The van der Waals surface area contributed by atoms with Gasteiger partial charge in [0.1, 0.15) is 5.82 Å². The second-order valence-corrected chi connectivity index (χ2v) is 5.48. The molecule has 1 aromatic heterocycles. The maximum atomic E-state index is 4.62. The van der Waals surface area contributed by atoms with E-state index < -0.39 is 0 Å². The van der Waals surface area contributed by atoms with Crippen LogP contribution in [0.5, 0.6) is 0 Å². The van der Waals surface area contributed by atoms with Gasteiger partial charge in [-0.2, -0.15) is 16.9 Å². The fourth-order valence-electron chi connectivity index (χ4n) is 2.01. The van der Waals surface area contributed by atoms with E-state index in [-0.39, 0.29) is 0 Å². The Kier molecular flexibility index (Phi) is 5.45. The molecule has 0 aliphatic rings. The first-order chi connectivity index (χ1) is 9.33. The summed E-state index contributed by atoms with van der Waals surface area (Å²) in [5.74, 6) is 3.19. The molecule has 0 saturated heterocycles. The molecule has 0 bridgehead atoms. The predicted octanol–water partition coefficient (Wildman–Crippen LogP) is 2.99. The molecule has 0 unspecified atom stereocenters. The van der Waals surface area contributed by atoms with Crippen LogP contribution in [0.1, 0.15) is 24.1 Å². The molecule has 3 nitrogen and oxygen atoms in total. The summed E-state index contributed by atoms with van der Waals surface area (Å²) in [4.78, 5) is 4.62. The van der Waals surface area contributed by atoms with E-state index in [0.29, 0.717) is 0 Å². The van der Waals surface area contributed by atoms with Gasteiger partial charge in [0.15, 0.2) is 5.82 Å². The summed E-state index contributed by atoms with van der Waals surface area (Å²) in [5.41, 5.74) is 1.35. The summed E-state index contributed by atoms with van der Waals surface area (Å²) < 4.78 is 2.09. The highest BCUT2D eigenvalue weighted by molar-refractivity contribution is 7.98. The minimum absolute atomic E-state index is 0.907. The summed E-state index contributed by atoms with van der Waals surface area (Å²) in [5, 5.41) is 4.59. The molecule has 0 aliphatic carbocycles. The van der Waals surface area contributed by atoms with Gasteiger partial charge in [0.2, 0.25) is 0 Å². The van der Waals surface area contributed by atoms with Crippen molar-refractivity contribution in [3.8, 4) is 0 Å². The van der Waals surface area contributed by atoms with Crippen molar-refractivity contribution in [2.45, 2.75) is 32.7 Å². The van der Waals surface area contributed by atoms with Gasteiger partial charge < -0.3 is 0 Å². The van der Waals surface area contributed by atoms with E-state index in [1.807, 2.05) is 11.8 Å². The Labute approximate surface area is 119 Å². The van der Waals surface area contributed by atoms with Crippen LogP contribution in [0.25, 0.3) is 0 Å². The van der Waals surface area contributed by atoms with Crippen molar-refractivity contribution in [2.24, 2.45) is 0 Å². The van der Waals surface area contributed by atoms with Crippen LogP contribution >= 0.6 is 11.8 Å². The fraction of sp³-hybridized carbons (Fsp3) is 0.467. The number of aryl methyl sites for hydroxylation is 4. The average Bonchev–Trinajstić information content (AvgIpc) is 2.86. The SMILES string of the molecule is CCc1nc(CCSC)n(CCc2ccccc2)n1. The van der Waals surface area contributed by atoms with Crippen LogP contribution < -0.4 is 0 Å². The zero-order chi connectivity index (χ0) is 13.5. The van der Waals surface area contributed by atoms with Crippen molar-refractivity contribution in [1.82, 2.24) is 14.8 Å². The molecule has 19 heavy (non-hydrogen) atoms. The molecule has 4 heteroatoms. The Morgan fingerprint density at radius 3 is 2.63 bits per heavy atom. The van der Waals surface area contributed by atoms with Crippen molar-refractivity contribution >= 4 is 11.8 Å². The van der Waals surface area contributed by atoms with E-state index in [0.717, 1.165) is 43.2 Å².